The molecule has 0 spiro atoms. The summed E-state index contributed by atoms with van der Waals surface area (Å²) in [4.78, 5) is 3.93. The van der Waals surface area contributed by atoms with E-state index in [1.54, 1.807) is 16.9 Å². The molecule has 1 N–H and O–H groups in total. The number of nitrogens with one attached hydrogen (secondary N) is 1. The Balaban J connectivity index is 1.97. The van der Waals surface area contributed by atoms with Crippen molar-refractivity contribution in [2.75, 3.05) is 23.4 Å². The normalized spacial score (nSPS) is 10.3. The first-order valence-electron chi connectivity index (χ1n) is 9.38. The Bertz CT molecular complexity index is 1140. The van der Waals surface area contributed by atoms with Gasteiger partial charge in [0.15, 0.2) is 0 Å². The van der Waals surface area contributed by atoms with Crippen LogP contribution in [0.5, 0.6) is 0 Å². The van der Waals surface area contributed by atoms with E-state index in [1.165, 1.54) is 5.69 Å². The van der Waals surface area contributed by atoms with Gasteiger partial charge < -0.3 is 4.90 Å². The SMILES string of the molecule is CCN(CC)c1ccc(-n2nc3cc(C)c(NN=C(C#N)C#N)cc3n2)c(C)c1. The molecule has 1 aromatic heterocycles. The van der Waals surface area contributed by atoms with Crippen molar-refractivity contribution in [1.82, 2.24) is 15.0 Å². The van der Waals surface area contributed by atoms with E-state index in [1.807, 2.05) is 25.1 Å². The maximum Gasteiger partial charge on any atom is 0.237 e. The zero-order valence-electron chi connectivity index (χ0n) is 16.9. The lowest BCUT2D eigenvalue weighted by atomic mass is 10.1. The molecule has 2 aromatic carbocycles. The summed E-state index contributed by atoms with van der Waals surface area (Å²) < 4.78 is 0. The number of rotatable bonds is 6. The van der Waals surface area contributed by atoms with Gasteiger partial charge in [0.2, 0.25) is 5.71 Å². The minimum atomic E-state index is -0.239. The lowest BCUT2D eigenvalue weighted by Crippen LogP contribution is -2.21. The molecule has 146 valence electrons. The zero-order valence-corrected chi connectivity index (χ0v) is 16.9. The van der Waals surface area contributed by atoms with Crippen LogP contribution in [-0.2, 0) is 0 Å². The van der Waals surface area contributed by atoms with Crippen molar-refractivity contribution in [2.24, 2.45) is 5.10 Å². The Morgan fingerprint density at radius 2 is 1.69 bits per heavy atom. The van der Waals surface area contributed by atoms with Crippen molar-refractivity contribution < 1.29 is 0 Å². The van der Waals surface area contributed by atoms with E-state index in [0.717, 1.165) is 35.4 Å². The third-order valence-corrected chi connectivity index (χ3v) is 4.75. The molecule has 0 amide bonds. The van der Waals surface area contributed by atoms with Crippen molar-refractivity contribution >= 4 is 28.1 Å². The van der Waals surface area contributed by atoms with Crippen LogP contribution in [0.4, 0.5) is 11.4 Å². The number of hydrogen-bond donors (Lipinski definition) is 1. The first-order chi connectivity index (χ1) is 14.0. The summed E-state index contributed by atoms with van der Waals surface area (Å²) in [5.41, 5.74) is 8.70. The average molecular weight is 386 g/mol. The van der Waals surface area contributed by atoms with Gasteiger partial charge in [-0.25, -0.2) is 0 Å². The molecule has 3 rings (SSSR count). The second-order valence-electron chi connectivity index (χ2n) is 6.58. The van der Waals surface area contributed by atoms with Gasteiger partial charge in [-0.05, 0) is 69.2 Å². The fourth-order valence-corrected chi connectivity index (χ4v) is 3.14. The lowest BCUT2D eigenvalue weighted by molar-refractivity contribution is 0.759. The molecule has 0 aliphatic carbocycles. The third-order valence-electron chi connectivity index (χ3n) is 4.75. The van der Waals surface area contributed by atoms with Crippen LogP contribution < -0.4 is 10.3 Å². The minimum absolute atomic E-state index is 0.239. The van der Waals surface area contributed by atoms with Gasteiger partial charge in [0.1, 0.15) is 23.2 Å². The Hall–Kier alpha value is -3.91. The van der Waals surface area contributed by atoms with E-state index in [-0.39, 0.29) is 5.71 Å². The summed E-state index contributed by atoms with van der Waals surface area (Å²) in [6.07, 6.45) is 0. The van der Waals surface area contributed by atoms with E-state index in [0.29, 0.717) is 11.2 Å². The number of hydrogen-bond acceptors (Lipinski definition) is 7. The largest absolute Gasteiger partial charge is 0.372 e. The highest BCUT2D eigenvalue weighted by atomic mass is 15.5. The van der Waals surface area contributed by atoms with Crippen LogP contribution in [0.15, 0.2) is 35.4 Å². The van der Waals surface area contributed by atoms with Crippen LogP contribution in [0.1, 0.15) is 25.0 Å². The molecule has 1 heterocycles. The summed E-state index contributed by atoms with van der Waals surface area (Å²) in [5.74, 6) is 0. The van der Waals surface area contributed by atoms with Crippen molar-refractivity contribution in [1.29, 1.82) is 10.5 Å². The van der Waals surface area contributed by atoms with Crippen molar-refractivity contribution in [3.8, 4) is 17.8 Å². The monoisotopic (exact) mass is 386 g/mol. The van der Waals surface area contributed by atoms with Gasteiger partial charge in [-0.1, -0.05) is 0 Å². The zero-order chi connectivity index (χ0) is 21.0. The molecule has 0 atom stereocenters. The van der Waals surface area contributed by atoms with Crippen molar-refractivity contribution in [3.63, 3.8) is 0 Å². The second kappa shape index (κ2) is 8.41. The molecule has 0 aliphatic heterocycles. The number of anilines is 2. The Labute approximate surface area is 169 Å². The maximum absolute atomic E-state index is 8.81. The van der Waals surface area contributed by atoms with Crippen molar-refractivity contribution in [3.05, 3.63) is 41.5 Å². The van der Waals surface area contributed by atoms with Gasteiger partial charge in [0.25, 0.3) is 0 Å². The lowest BCUT2D eigenvalue weighted by Gasteiger charge is -2.22. The molecule has 29 heavy (non-hydrogen) atoms. The Kier molecular flexibility index (Phi) is 5.75. The molecule has 0 bridgehead atoms. The Morgan fingerprint density at radius 1 is 1.03 bits per heavy atom. The summed E-state index contributed by atoms with van der Waals surface area (Å²) in [7, 11) is 0. The van der Waals surface area contributed by atoms with Gasteiger partial charge in [0.05, 0.1) is 11.4 Å². The highest BCUT2D eigenvalue weighted by Gasteiger charge is 2.11. The van der Waals surface area contributed by atoms with Crippen LogP contribution in [0.3, 0.4) is 0 Å². The van der Waals surface area contributed by atoms with Gasteiger partial charge >= 0.3 is 0 Å². The third kappa shape index (κ3) is 4.02. The molecule has 0 fully saturated rings. The molecular formula is C21H22N8. The smallest absolute Gasteiger partial charge is 0.237 e. The average Bonchev–Trinajstić information content (AvgIpc) is 3.12. The van der Waals surface area contributed by atoms with E-state index in [4.69, 9.17) is 10.5 Å². The van der Waals surface area contributed by atoms with Gasteiger partial charge in [0, 0.05) is 18.8 Å². The maximum atomic E-state index is 8.81. The molecule has 8 nitrogen and oxygen atoms in total. The van der Waals surface area contributed by atoms with Crippen LogP contribution in [0.25, 0.3) is 16.7 Å². The quantitative estimate of drug-likeness (QED) is 0.511. The highest BCUT2D eigenvalue weighted by molar-refractivity contribution is 6.10. The molecule has 0 unspecified atom stereocenters. The van der Waals surface area contributed by atoms with Gasteiger partial charge in [-0.2, -0.15) is 20.4 Å². The molecule has 0 saturated heterocycles. The van der Waals surface area contributed by atoms with Gasteiger partial charge in [-0.3, -0.25) is 5.43 Å². The molecule has 3 aromatic rings. The van der Waals surface area contributed by atoms with Crippen LogP contribution in [0, 0.1) is 36.5 Å². The van der Waals surface area contributed by atoms with E-state index < -0.39 is 0 Å². The standard InChI is InChI=1S/C21H22N8/c1-5-28(6-2)17-7-8-21(15(4)9-17)29-26-19-10-14(3)18(11-20(19)27-29)25-24-16(12-22)13-23/h7-11,25H,5-6H2,1-4H3. The number of hydrazone groups is 1. The fraction of sp³-hybridized carbons (Fsp3) is 0.286. The summed E-state index contributed by atoms with van der Waals surface area (Å²) >= 11 is 0. The first-order valence-corrected chi connectivity index (χ1v) is 9.38. The molecule has 8 heteroatoms. The number of nitrogens with zero attached hydrogens (tertiary/aromatic N) is 7. The summed E-state index contributed by atoms with van der Waals surface area (Å²) in [5, 5.41) is 30.6. The van der Waals surface area contributed by atoms with Crippen LogP contribution >= 0.6 is 0 Å². The summed E-state index contributed by atoms with van der Waals surface area (Å²) in [6, 6.07) is 13.4. The molecule has 0 saturated carbocycles. The van der Waals surface area contributed by atoms with Crippen molar-refractivity contribution in [2.45, 2.75) is 27.7 Å². The molecule has 0 aliphatic rings. The first kappa shape index (κ1) is 19.8. The molecule has 0 radical (unpaired) electrons. The van der Waals surface area contributed by atoms with E-state index in [9.17, 15) is 0 Å². The minimum Gasteiger partial charge on any atom is -0.372 e. The van der Waals surface area contributed by atoms with E-state index >= 15 is 0 Å². The number of nitriles is 2. The predicted molar refractivity (Wildman–Crippen MR) is 114 cm³/mol. The number of aromatic nitrogens is 3. The van der Waals surface area contributed by atoms with Crippen LogP contribution in [-0.4, -0.2) is 33.8 Å². The highest BCUT2D eigenvalue weighted by Crippen LogP contribution is 2.25. The van der Waals surface area contributed by atoms with Crippen LogP contribution in [0.2, 0.25) is 0 Å². The summed E-state index contributed by atoms with van der Waals surface area (Å²) in [6.45, 7) is 10.1. The Morgan fingerprint density at radius 3 is 2.28 bits per heavy atom. The number of aryl methyl sites for hydroxylation is 2. The second-order valence-corrected chi connectivity index (χ2v) is 6.58. The molecular weight excluding hydrogens is 364 g/mol. The number of benzene rings is 2. The predicted octanol–water partition coefficient (Wildman–Crippen LogP) is 3.70. The van der Waals surface area contributed by atoms with Gasteiger partial charge in [-0.15, -0.1) is 10.2 Å². The topological polar surface area (TPSA) is 106 Å². The fourth-order valence-electron chi connectivity index (χ4n) is 3.14. The number of fused-ring (bicyclic) bond motifs is 1. The van der Waals surface area contributed by atoms with E-state index in [2.05, 4.69) is 58.5 Å².